The van der Waals surface area contributed by atoms with Crippen molar-refractivity contribution in [3.63, 3.8) is 0 Å². The molecule has 1 aliphatic rings. The maximum absolute atomic E-state index is 12.6. The fourth-order valence-electron chi connectivity index (χ4n) is 3.13. The van der Waals surface area contributed by atoms with Crippen molar-refractivity contribution in [2.75, 3.05) is 18.4 Å². The average molecular weight is 404 g/mol. The van der Waals surface area contributed by atoms with Crippen molar-refractivity contribution < 1.29 is 9.59 Å². The van der Waals surface area contributed by atoms with E-state index in [2.05, 4.69) is 36.3 Å². The molecule has 0 bridgehead atoms. The van der Waals surface area contributed by atoms with Crippen molar-refractivity contribution in [3.8, 4) is 0 Å². The van der Waals surface area contributed by atoms with Crippen molar-refractivity contribution >= 4 is 40.0 Å². The van der Waals surface area contributed by atoms with Crippen LogP contribution in [-0.4, -0.2) is 40.0 Å². The Morgan fingerprint density at radius 1 is 1.26 bits per heavy atom. The van der Waals surface area contributed by atoms with Gasteiger partial charge in [0, 0.05) is 40.7 Å². The zero-order chi connectivity index (χ0) is 19.2. The molecule has 0 aliphatic carbocycles. The van der Waals surface area contributed by atoms with E-state index in [4.69, 9.17) is 0 Å². The monoisotopic (exact) mass is 403 g/mol. The summed E-state index contributed by atoms with van der Waals surface area (Å²) in [5.41, 5.74) is 1.04. The van der Waals surface area contributed by atoms with E-state index >= 15 is 0 Å². The van der Waals surface area contributed by atoms with Crippen LogP contribution < -0.4 is 5.32 Å². The molecular formula is C20H25N3O2S2. The van der Waals surface area contributed by atoms with Gasteiger partial charge in [-0.3, -0.25) is 9.59 Å². The van der Waals surface area contributed by atoms with Crippen LogP contribution in [0.2, 0.25) is 0 Å². The number of hydrogen-bond donors (Lipinski definition) is 1. The van der Waals surface area contributed by atoms with E-state index in [1.165, 1.54) is 16.2 Å². The summed E-state index contributed by atoms with van der Waals surface area (Å²) >= 11 is 3.24. The number of likely N-dealkylation sites (tertiary alicyclic amines) is 1. The molecule has 0 atom stereocenters. The molecule has 3 rings (SSSR count). The average Bonchev–Trinajstić information content (AvgIpc) is 3.16. The molecule has 27 heavy (non-hydrogen) atoms. The molecule has 0 unspecified atom stereocenters. The summed E-state index contributed by atoms with van der Waals surface area (Å²) in [6.07, 6.45) is 3.50. The summed E-state index contributed by atoms with van der Waals surface area (Å²) in [6.45, 7) is 5.61. The second-order valence-corrected chi connectivity index (χ2v) is 9.51. The smallest absolute Gasteiger partial charge is 0.229 e. The summed E-state index contributed by atoms with van der Waals surface area (Å²) < 4.78 is 0. The van der Waals surface area contributed by atoms with Gasteiger partial charge in [-0.2, -0.15) is 0 Å². The highest BCUT2D eigenvalue weighted by Gasteiger charge is 2.27. The van der Waals surface area contributed by atoms with Crippen LogP contribution in [0.5, 0.6) is 0 Å². The van der Waals surface area contributed by atoms with Crippen LogP contribution in [0.4, 0.5) is 5.13 Å². The van der Waals surface area contributed by atoms with Gasteiger partial charge in [0.15, 0.2) is 5.13 Å². The topological polar surface area (TPSA) is 62.3 Å². The molecule has 2 amide bonds. The molecule has 1 aromatic carbocycles. The van der Waals surface area contributed by atoms with E-state index in [0.29, 0.717) is 42.7 Å². The van der Waals surface area contributed by atoms with Gasteiger partial charge < -0.3 is 10.2 Å². The maximum Gasteiger partial charge on any atom is 0.229 e. The fourth-order valence-corrected chi connectivity index (χ4v) is 4.50. The Balaban J connectivity index is 1.46. The third-order valence-electron chi connectivity index (χ3n) is 4.53. The first-order valence-electron chi connectivity index (χ1n) is 9.25. The van der Waals surface area contributed by atoms with Crippen molar-refractivity contribution in [1.82, 2.24) is 9.88 Å². The lowest BCUT2D eigenvalue weighted by atomic mass is 9.95. The van der Waals surface area contributed by atoms with Crippen LogP contribution >= 0.6 is 23.1 Å². The molecule has 144 valence electrons. The summed E-state index contributed by atoms with van der Waals surface area (Å²) in [5.74, 6) is 0.0960. The Bertz CT molecular complexity index is 752. The number of hydrogen-bond acceptors (Lipinski definition) is 5. The first kappa shape index (κ1) is 19.9. The van der Waals surface area contributed by atoms with Crippen LogP contribution in [0.1, 0.15) is 32.3 Å². The Labute approximate surface area is 168 Å². The van der Waals surface area contributed by atoms with Gasteiger partial charge in [-0.25, -0.2) is 4.98 Å². The molecule has 1 fully saturated rings. The van der Waals surface area contributed by atoms with Crippen LogP contribution in [0.15, 0.2) is 40.7 Å². The van der Waals surface area contributed by atoms with E-state index in [1.54, 1.807) is 6.20 Å². The number of nitrogens with one attached hydrogen (secondary N) is 1. The van der Waals surface area contributed by atoms with E-state index < -0.39 is 0 Å². The first-order chi connectivity index (χ1) is 13.0. The van der Waals surface area contributed by atoms with Crippen LogP contribution in [0, 0.1) is 5.92 Å². The standard InChI is InChI=1S/C20H25N3O2S2/c1-14(2)27-17-5-3-15(4-6-17)13-18(24)23-10-7-16(8-11-23)19(25)22-20-21-9-12-26-20/h3-6,9,12,14,16H,7-8,10-11,13H2,1-2H3,(H,21,22,25). The third kappa shape index (κ3) is 5.81. The number of carbonyl (C=O) groups is 2. The Kier molecular flexibility index (Phi) is 6.90. The number of carbonyl (C=O) groups excluding carboxylic acids is 2. The van der Waals surface area contributed by atoms with Crippen LogP contribution in [0.25, 0.3) is 0 Å². The van der Waals surface area contributed by atoms with Crippen molar-refractivity contribution in [2.24, 2.45) is 5.92 Å². The molecule has 1 aliphatic heterocycles. The largest absolute Gasteiger partial charge is 0.342 e. The SMILES string of the molecule is CC(C)Sc1ccc(CC(=O)N2CCC(C(=O)Nc3nccs3)CC2)cc1. The lowest BCUT2D eigenvalue weighted by Gasteiger charge is -2.31. The third-order valence-corrected chi connectivity index (χ3v) is 6.24. The molecule has 5 nitrogen and oxygen atoms in total. The molecule has 2 aromatic rings. The number of nitrogens with zero attached hydrogens (tertiary/aromatic N) is 2. The summed E-state index contributed by atoms with van der Waals surface area (Å²) in [6, 6.07) is 8.25. The van der Waals surface area contributed by atoms with Crippen molar-refractivity contribution in [2.45, 2.75) is 43.3 Å². The molecule has 1 N–H and O–H groups in total. The highest BCUT2D eigenvalue weighted by atomic mass is 32.2. The second kappa shape index (κ2) is 9.37. The molecule has 7 heteroatoms. The minimum Gasteiger partial charge on any atom is -0.342 e. The van der Waals surface area contributed by atoms with Gasteiger partial charge in [0.05, 0.1) is 6.42 Å². The zero-order valence-electron chi connectivity index (χ0n) is 15.7. The van der Waals surface area contributed by atoms with Gasteiger partial charge >= 0.3 is 0 Å². The zero-order valence-corrected chi connectivity index (χ0v) is 17.3. The Morgan fingerprint density at radius 3 is 2.56 bits per heavy atom. The van der Waals surface area contributed by atoms with Crippen molar-refractivity contribution in [1.29, 1.82) is 0 Å². The van der Waals surface area contributed by atoms with E-state index in [-0.39, 0.29) is 17.7 Å². The molecule has 1 saturated heterocycles. The van der Waals surface area contributed by atoms with Gasteiger partial charge in [-0.1, -0.05) is 26.0 Å². The Hall–Kier alpha value is -1.86. The highest BCUT2D eigenvalue weighted by molar-refractivity contribution is 7.99. The van der Waals surface area contributed by atoms with E-state index in [1.807, 2.05) is 34.2 Å². The number of aromatic nitrogens is 1. The van der Waals surface area contributed by atoms with E-state index in [9.17, 15) is 9.59 Å². The lowest BCUT2D eigenvalue weighted by Crippen LogP contribution is -2.42. The minimum absolute atomic E-state index is 0.00953. The van der Waals surface area contributed by atoms with Gasteiger partial charge in [0.25, 0.3) is 0 Å². The predicted molar refractivity (Wildman–Crippen MR) is 111 cm³/mol. The van der Waals surface area contributed by atoms with Crippen LogP contribution in [0.3, 0.4) is 0 Å². The first-order valence-corrected chi connectivity index (χ1v) is 11.0. The van der Waals surface area contributed by atoms with Gasteiger partial charge in [-0.15, -0.1) is 23.1 Å². The summed E-state index contributed by atoms with van der Waals surface area (Å²) in [7, 11) is 0. The van der Waals surface area contributed by atoms with Gasteiger partial charge in [-0.05, 0) is 30.5 Å². The van der Waals surface area contributed by atoms with E-state index in [0.717, 1.165) is 5.56 Å². The highest BCUT2D eigenvalue weighted by Crippen LogP contribution is 2.24. The number of thioether (sulfide) groups is 1. The molecule has 0 spiro atoms. The maximum atomic E-state index is 12.6. The van der Waals surface area contributed by atoms with Gasteiger partial charge in [0.1, 0.15) is 0 Å². The fraction of sp³-hybridized carbons (Fsp3) is 0.450. The molecule has 0 saturated carbocycles. The lowest BCUT2D eigenvalue weighted by molar-refractivity contribution is -0.133. The number of amides is 2. The summed E-state index contributed by atoms with van der Waals surface area (Å²) in [5, 5.41) is 5.88. The summed E-state index contributed by atoms with van der Waals surface area (Å²) in [4.78, 5) is 32.1. The number of piperidine rings is 1. The molecule has 2 heterocycles. The number of benzene rings is 1. The quantitative estimate of drug-likeness (QED) is 0.739. The predicted octanol–water partition coefficient (Wildman–Crippen LogP) is 4.06. The normalized spacial score (nSPS) is 15.1. The number of anilines is 1. The van der Waals surface area contributed by atoms with Crippen molar-refractivity contribution in [3.05, 3.63) is 41.4 Å². The number of rotatable bonds is 6. The minimum atomic E-state index is -0.0507. The second-order valence-electron chi connectivity index (χ2n) is 6.97. The van der Waals surface area contributed by atoms with Gasteiger partial charge in [0.2, 0.25) is 11.8 Å². The molecular weight excluding hydrogens is 378 g/mol. The molecule has 1 aromatic heterocycles. The number of thiazole rings is 1. The molecule has 0 radical (unpaired) electrons. The van der Waals surface area contributed by atoms with Crippen LogP contribution in [-0.2, 0) is 16.0 Å². The Morgan fingerprint density at radius 2 is 1.96 bits per heavy atom.